The number of imide groups is 2. The lowest BCUT2D eigenvalue weighted by atomic mass is 10.0. The van der Waals surface area contributed by atoms with E-state index >= 15 is 0 Å². The maximum absolute atomic E-state index is 13.1. The molecule has 4 amide bonds. The molecule has 1 heterocycles. The van der Waals surface area contributed by atoms with Gasteiger partial charge in [0.2, 0.25) is 0 Å². The molecule has 1 aliphatic heterocycles. The number of amides is 4. The second kappa shape index (κ2) is 8.90. The van der Waals surface area contributed by atoms with Crippen molar-refractivity contribution in [3.8, 4) is 5.75 Å². The minimum atomic E-state index is -0.677. The zero-order valence-corrected chi connectivity index (χ0v) is 18.1. The van der Waals surface area contributed by atoms with Gasteiger partial charge in [-0.3, -0.25) is 19.8 Å². The summed E-state index contributed by atoms with van der Waals surface area (Å²) in [4.78, 5) is 39.1. The van der Waals surface area contributed by atoms with Crippen molar-refractivity contribution >= 4 is 34.7 Å². The third kappa shape index (κ3) is 4.24. The number of carbonyl (C=O) groups excluding carboxylic acids is 3. The molecule has 0 aromatic heterocycles. The smallest absolute Gasteiger partial charge is 0.331 e. The second-order valence-corrected chi connectivity index (χ2v) is 8.44. The monoisotopic (exact) mass is 440 g/mol. The van der Waals surface area contributed by atoms with Crippen LogP contribution in [0.2, 0.25) is 0 Å². The number of carbonyl (C=O) groups is 3. The highest BCUT2D eigenvalue weighted by molar-refractivity contribution is 6.31. The molecule has 0 radical (unpaired) electrons. The molecular weight excluding hydrogens is 416 g/mol. The summed E-state index contributed by atoms with van der Waals surface area (Å²) in [6.07, 6.45) is 5.00. The number of benzene rings is 3. The van der Waals surface area contributed by atoms with Crippen LogP contribution in [0.15, 0.2) is 72.3 Å². The molecule has 1 N–H and O–H groups in total. The Morgan fingerprint density at radius 3 is 2.45 bits per heavy atom. The van der Waals surface area contributed by atoms with E-state index in [0.717, 1.165) is 42.0 Å². The largest absolute Gasteiger partial charge is 0.488 e. The average Bonchev–Trinajstić information content (AvgIpc) is 3.35. The van der Waals surface area contributed by atoms with Crippen molar-refractivity contribution in [3.05, 3.63) is 83.4 Å². The third-order valence-electron chi connectivity index (χ3n) is 6.25. The van der Waals surface area contributed by atoms with Crippen molar-refractivity contribution in [2.75, 3.05) is 0 Å². The van der Waals surface area contributed by atoms with E-state index in [1.54, 1.807) is 12.1 Å². The summed E-state index contributed by atoms with van der Waals surface area (Å²) in [5.41, 5.74) is 1.57. The summed E-state index contributed by atoms with van der Waals surface area (Å²) in [5, 5.41) is 4.62. The lowest BCUT2D eigenvalue weighted by Crippen LogP contribution is -2.57. The maximum atomic E-state index is 13.1. The number of hydrogen-bond acceptors (Lipinski definition) is 4. The number of ether oxygens (including phenoxy) is 1. The summed E-state index contributed by atoms with van der Waals surface area (Å²) in [7, 11) is 0. The van der Waals surface area contributed by atoms with Crippen LogP contribution >= 0.6 is 0 Å². The van der Waals surface area contributed by atoms with Crippen molar-refractivity contribution < 1.29 is 19.1 Å². The summed E-state index contributed by atoms with van der Waals surface area (Å²) in [6, 6.07) is 20.8. The number of fused-ring (bicyclic) bond motifs is 1. The highest BCUT2D eigenvalue weighted by atomic mass is 16.5. The van der Waals surface area contributed by atoms with Gasteiger partial charge < -0.3 is 4.74 Å². The lowest BCUT2D eigenvalue weighted by molar-refractivity contribution is -0.131. The van der Waals surface area contributed by atoms with Crippen LogP contribution < -0.4 is 10.1 Å². The fraction of sp³-hybridized carbons (Fsp3) is 0.222. The Balaban J connectivity index is 1.39. The Bertz CT molecular complexity index is 1270. The van der Waals surface area contributed by atoms with Crippen molar-refractivity contribution in [2.24, 2.45) is 0 Å². The Hall–Kier alpha value is -3.93. The molecule has 0 bridgehead atoms. The molecule has 33 heavy (non-hydrogen) atoms. The SMILES string of the molecule is O=C1NC(=O)N(C2CCCC2)C(=O)/C1=C/c1ccccc1OCc1ccc2ccccc2c1. The topological polar surface area (TPSA) is 75.7 Å². The molecule has 1 saturated carbocycles. The summed E-state index contributed by atoms with van der Waals surface area (Å²) in [6.45, 7) is 0.345. The molecule has 2 aliphatic rings. The van der Waals surface area contributed by atoms with Crippen molar-refractivity contribution in [3.63, 3.8) is 0 Å². The Labute approximate surface area is 191 Å². The lowest BCUT2D eigenvalue weighted by Gasteiger charge is -2.31. The first-order valence-electron chi connectivity index (χ1n) is 11.2. The molecular formula is C27H24N2O4. The van der Waals surface area contributed by atoms with Gasteiger partial charge in [-0.1, -0.05) is 67.4 Å². The van der Waals surface area contributed by atoms with E-state index in [1.165, 1.54) is 11.0 Å². The zero-order chi connectivity index (χ0) is 22.8. The van der Waals surface area contributed by atoms with Gasteiger partial charge in [-0.15, -0.1) is 0 Å². The first kappa shape index (κ1) is 20.9. The Kier molecular flexibility index (Phi) is 5.65. The molecule has 3 aromatic rings. The van der Waals surface area contributed by atoms with Gasteiger partial charge in [0.15, 0.2) is 0 Å². The molecule has 0 atom stereocenters. The molecule has 0 unspecified atom stereocenters. The Morgan fingerprint density at radius 2 is 1.64 bits per heavy atom. The van der Waals surface area contributed by atoms with E-state index in [4.69, 9.17) is 4.74 Å². The number of para-hydroxylation sites is 1. The van der Waals surface area contributed by atoms with Crippen LogP contribution in [-0.2, 0) is 16.2 Å². The predicted octanol–water partition coefficient (Wildman–Crippen LogP) is 4.82. The molecule has 1 saturated heterocycles. The van der Waals surface area contributed by atoms with Gasteiger partial charge >= 0.3 is 6.03 Å². The van der Waals surface area contributed by atoms with Crippen LogP contribution in [0.1, 0.15) is 36.8 Å². The average molecular weight is 440 g/mol. The molecule has 166 valence electrons. The molecule has 6 heteroatoms. The fourth-order valence-electron chi connectivity index (χ4n) is 4.54. The van der Waals surface area contributed by atoms with E-state index in [-0.39, 0.29) is 11.6 Å². The fourth-order valence-corrected chi connectivity index (χ4v) is 4.54. The summed E-state index contributed by atoms with van der Waals surface area (Å²) in [5.74, 6) is -0.661. The zero-order valence-electron chi connectivity index (χ0n) is 18.1. The van der Waals surface area contributed by atoms with Crippen LogP contribution in [0.4, 0.5) is 4.79 Å². The van der Waals surface area contributed by atoms with Gasteiger partial charge in [0.25, 0.3) is 11.8 Å². The van der Waals surface area contributed by atoms with E-state index in [2.05, 4.69) is 29.6 Å². The summed E-state index contributed by atoms with van der Waals surface area (Å²) < 4.78 is 6.06. The van der Waals surface area contributed by atoms with Gasteiger partial charge in [-0.05, 0) is 47.4 Å². The van der Waals surface area contributed by atoms with Crippen LogP contribution in [0, 0.1) is 0 Å². The summed E-state index contributed by atoms with van der Waals surface area (Å²) >= 11 is 0. The van der Waals surface area contributed by atoms with E-state index < -0.39 is 17.8 Å². The van der Waals surface area contributed by atoms with Gasteiger partial charge in [0, 0.05) is 11.6 Å². The van der Waals surface area contributed by atoms with Gasteiger partial charge in [-0.2, -0.15) is 0 Å². The minimum Gasteiger partial charge on any atom is -0.488 e. The minimum absolute atomic E-state index is 0.0525. The maximum Gasteiger partial charge on any atom is 0.331 e. The van der Waals surface area contributed by atoms with Gasteiger partial charge in [0.1, 0.15) is 17.9 Å². The first-order valence-corrected chi connectivity index (χ1v) is 11.2. The van der Waals surface area contributed by atoms with Crippen molar-refractivity contribution in [1.82, 2.24) is 10.2 Å². The van der Waals surface area contributed by atoms with E-state index in [1.807, 2.05) is 30.3 Å². The third-order valence-corrected chi connectivity index (χ3v) is 6.25. The molecule has 6 nitrogen and oxygen atoms in total. The second-order valence-electron chi connectivity index (χ2n) is 8.44. The molecule has 0 spiro atoms. The number of urea groups is 1. The van der Waals surface area contributed by atoms with Crippen molar-refractivity contribution in [1.29, 1.82) is 0 Å². The first-order chi connectivity index (χ1) is 16.1. The molecule has 3 aromatic carbocycles. The number of rotatable bonds is 5. The molecule has 2 fully saturated rings. The number of barbiturate groups is 1. The number of nitrogens with zero attached hydrogens (tertiary/aromatic N) is 1. The Morgan fingerprint density at radius 1 is 0.909 bits per heavy atom. The molecule has 5 rings (SSSR count). The van der Waals surface area contributed by atoms with Crippen LogP contribution in [0.25, 0.3) is 16.8 Å². The standard InChI is InChI=1S/C27H24N2O4/c30-25-23(26(31)29(27(32)28-25)22-10-4-5-11-22)16-21-9-3-6-12-24(21)33-17-18-13-14-19-7-1-2-8-20(19)15-18/h1-3,6-9,12-16,22H,4-5,10-11,17H2,(H,28,30,32)/b23-16+. The van der Waals surface area contributed by atoms with Crippen LogP contribution in [-0.4, -0.2) is 28.8 Å². The van der Waals surface area contributed by atoms with E-state index in [0.29, 0.717) is 17.9 Å². The molecule has 1 aliphatic carbocycles. The quantitative estimate of drug-likeness (QED) is 0.456. The van der Waals surface area contributed by atoms with Crippen molar-refractivity contribution in [2.45, 2.75) is 38.3 Å². The number of nitrogens with one attached hydrogen (secondary N) is 1. The van der Waals surface area contributed by atoms with E-state index in [9.17, 15) is 14.4 Å². The normalized spacial score (nSPS) is 18.2. The highest BCUT2D eigenvalue weighted by Gasteiger charge is 2.40. The van der Waals surface area contributed by atoms with Gasteiger partial charge in [0.05, 0.1) is 0 Å². The van der Waals surface area contributed by atoms with Gasteiger partial charge in [-0.25, -0.2) is 4.79 Å². The number of hydrogen-bond donors (Lipinski definition) is 1. The van der Waals surface area contributed by atoms with Crippen LogP contribution in [0.5, 0.6) is 5.75 Å². The van der Waals surface area contributed by atoms with Crippen LogP contribution in [0.3, 0.4) is 0 Å². The predicted molar refractivity (Wildman–Crippen MR) is 125 cm³/mol. The highest BCUT2D eigenvalue weighted by Crippen LogP contribution is 2.29.